The molecule has 0 radical (unpaired) electrons. The van der Waals surface area contributed by atoms with Crippen LogP contribution in [0.1, 0.15) is 5.56 Å². The third-order valence-electron chi connectivity index (χ3n) is 1.14. The molecule has 1 amide bonds. The Labute approximate surface area is 78.4 Å². The van der Waals surface area contributed by atoms with Gasteiger partial charge >= 0.3 is 0 Å². The van der Waals surface area contributed by atoms with Gasteiger partial charge in [-0.1, -0.05) is 6.07 Å². The van der Waals surface area contributed by atoms with E-state index in [4.69, 9.17) is 0 Å². The first-order valence-corrected chi connectivity index (χ1v) is 4.15. The van der Waals surface area contributed by atoms with Gasteiger partial charge in [-0.15, -0.1) is 0 Å². The van der Waals surface area contributed by atoms with E-state index in [0.717, 1.165) is 5.56 Å². The number of aryl methyl sites for hydroxylation is 1. The number of hydrogen-bond donors (Lipinski definition) is 1. The van der Waals surface area contributed by atoms with E-state index in [0.29, 0.717) is 5.82 Å². The summed E-state index contributed by atoms with van der Waals surface area (Å²) in [7, 11) is 0. The molecule has 0 aliphatic heterocycles. The van der Waals surface area contributed by atoms with E-state index in [1.807, 2.05) is 13.0 Å². The van der Waals surface area contributed by atoms with Gasteiger partial charge in [0.1, 0.15) is 5.82 Å². The van der Waals surface area contributed by atoms with E-state index in [1.54, 1.807) is 34.9 Å². The molecule has 1 aromatic heterocycles. The number of pyridine rings is 1. The number of halogens is 1. The van der Waals surface area contributed by atoms with Gasteiger partial charge in [-0.2, -0.15) is 0 Å². The summed E-state index contributed by atoms with van der Waals surface area (Å²) in [6.07, 6.45) is 1.71. The van der Waals surface area contributed by atoms with Crippen LogP contribution >= 0.6 is 22.6 Å². The van der Waals surface area contributed by atoms with Crippen molar-refractivity contribution in [1.29, 1.82) is 0 Å². The number of anilines is 1. The normalized spacial score (nSPS) is 9.27. The van der Waals surface area contributed by atoms with Crippen molar-refractivity contribution in [2.75, 3.05) is 5.32 Å². The third kappa shape index (κ3) is 2.83. The fourth-order valence-corrected chi connectivity index (χ4v) is 0.919. The Morgan fingerprint density at radius 2 is 2.36 bits per heavy atom. The Morgan fingerprint density at radius 3 is 2.82 bits per heavy atom. The van der Waals surface area contributed by atoms with E-state index in [1.165, 1.54) is 0 Å². The first-order chi connectivity index (χ1) is 5.18. The lowest BCUT2D eigenvalue weighted by Gasteiger charge is -1.98. The molecule has 4 heteroatoms. The van der Waals surface area contributed by atoms with Crippen LogP contribution in [-0.4, -0.2) is 8.90 Å². The second-order valence-corrected chi connectivity index (χ2v) is 3.10. The zero-order valence-electron chi connectivity index (χ0n) is 5.97. The number of hydrogen-bond acceptors (Lipinski definition) is 2. The smallest absolute Gasteiger partial charge is 0.286 e. The van der Waals surface area contributed by atoms with Crippen molar-refractivity contribution < 1.29 is 4.79 Å². The molecule has 0 saturated heterocycles. The number of nitrogens with one attached hydrogen (secondary N) is 1. The number of carbonyl (C=O) groups excluding carboxylic acids is 1. The SMILES string of the molecule is Cc1ccc(NC(=O)I)nc1. The van der Waals surface area contributed by atoms with Gasteiger partial charge in [0.15, 0.2) is 0 Å². The van der Waals surface area contributed by atoms with Crippen molar-refractivity contribution in [2.24, 2.45) is 0 Å². The molecule has 11 heavy (non-hydrogen) atoms. The highest BCUT2D eigenvalue weighted by molar-refractivity contribution is 14.1. The van der Waals surface area contributed by atoms with Gasteiger partial charge in [0.25, 0.3) is 3.91 Å². The van der Waals surface area contributed by atoms with Crippen LogP contribution in [0.2, 0.25) is 0 Å². The molecular weight excluding hydrogens is 255 g/mol. The van der Waals surface area contributed by atoms with Crippen molar-refractivity contribution in [3.8, 4) is 0 Å². The molecule has 0 fully saturated rings. The Hall–Kier alpha value is -0.650. The topological polar surface area (TPSA) is 42.0 Å². The molecule has 0 bridgehead atoms. The van der Waals surface area contributed by atoms with Crippen molar-refractivity contribution in [1.82, 2.24) is 4.98 Å². The average Bonchev–Trinajstić information content (AvgIpc) is 1.93. The van der Waals surface area contributed by atoms with Crippen molar-refractivity contribution in [3.63, 3.8) is 0 Å². The summed E-state index contributed by atoms with van der Waals surface area (Å²) in [6.45, 7) is 1.95. The van der Waals surface area contributed by atoms with E-state index in [9.17, 15) is 4.79 Å². The van der Waals surface area contributed by atoms with Gasteiger partial charge in [0.05, 0.1) is 0 Å². The quantitative estimate of drug-likeness (QED) is 0.479. The summed E-state index contributed by atoms with van der Waals surface area (Å²) >= 11 is 1.66. The standard InChI is InChI=1S/C7H7IN2O/c1-5-2-3-6(9-4-5)10-7(8)11/h2-4H,1H3,(H,9,10,11). The minimum absolute atomic E-state index is 0.126. The number of aromatic nitrogens is 1. The molecule has 1 heterocycles. The maximum atomic E-state index is 10.5. The Morgan fingerprint density at radius 1 is 1.64 bits per heavy atom. The van der Waals surface area contributed by atoms with Crippen LogP contribution in [0.4, 0.5) is 10.6 Å². The molecule has 0 unspecified atom stereocenters. The highest BCUT2D eigenvalue weighted by Gasteiger charge is 1.95. The van der Waals surface area contributed by atoms with Gasteiger partial charge in [-0.05, 0) is 18.6 Å². The minimum atomic E-state index is -0.126. The van der Waals surface area contributed by atoms with Crippen LogP contribution in [0.3, 0.4) is 0 Å². The summed E-state index contributed by atoms with van der Waals surface area (Å²) in [5.74, 6) is 0.593. The second-order valence-electron chi connectivity index (χ2n) is 2.12. The molecule has 1 N–H and O–H groups in total. The molecule has 0 spiro atoms. The Balaban J connectivity index is 2.74. The third-order valence-corrected chi connectivity index (χ3v) is 1.41. The van der Waals surface area contributed by atoms with Crippen molar-refractivity contribution in [2.45, 2.75) is 6.92 Å². The van der Waals surface area contributed by atoms with Crippen LogP contribution in [-0.2, 0) is 0 Å². The van der Waals surface area contributed by atoms with E-state index < -0.39 is 0 Å². The largest absolute Gasteiger partial charge is 0.302 e. The van der Waals surface area contributed by atoms with Crippen molar-refractivity contribution >= 4 is 32.3 Å². The van der Waals surface area contributed by atoms with Gasteiger partial charge in [-0.25, -0.2) is 4.98 Å². The lowest BCUT2D eigenvalue weighted by Crippen LogP contribution is -2.01. The maximum absolute atomic E-state index is 10.5. The average molecular weight is 262 g/mol. The van der Waals surface area contributed by atoms with Crippen LogP contribution in [0.5, 0.6) is 0 Å². The van der Waals surface area contributed by atoms with Crippen LogP contribution < -0.4 is 5.32 Å². The van der Waals surface area contributed by atoms with Gasteiger partial charge in [-0.3, -0.25) is 4.79 Å². The molecule has 3 nitrogen and oxygen atoms in total. The summed E-state index contributed by atoms with van der Waals surface area (Å²) < 4.78 is -0.126. The summed E-state index contributed by atoms with van der Waals surface area (Å²) in [5, 5.41) is 2.57. The first-order valence-electron chi connectivity index (χ1n) is 3.07. The van der Waals surface area contributed by atoms with Gasteiger partial charge in [0, 0.05) is 28.8 Å². The first kappa shape index (κ1) is 8.45. The number of rotatable bonds is 1. The maximum Gasteiger partial charge on any atom is 0.286 e. The molecule has 0 aromatic carbocycles. The summed E-state index contributed by atoms with van der Waals surface area (Å²) in [4.78, 5) is 14.5. The lowest BCUT2D eigenvalue weighted by atomic mass is 10.3. The molecule has 0 saturated carbocycles. The van der Waals surface area contributed by atoms with Crippen molar-refractivity contribution in [3.05, 3.63) is 23.9 Å². The summed E-state index contributed by atoms with van der Waals surface area (Å²) in [6, 6.07) is 3.67. The van der Waals surface area contributed by atoms with E-state index in [-0.39, 0.29) is 3.91 Å². The zero-order valence-corrected chi connectivity index (χ0v) is 8.12. The van der Waals surface area contributed by atoms with Gasteiger partial charge < -0.3 is 5.32 Å². The van der Waals surface area contributed by atoms with Crippen LogP contribution in [0.15, 0.2) is 18.3 Å². The van der Waals surface area contributed by atoms with Gasteiger partial charge in [0.2, 0.25) is 0 Å². The fraction of sp³-hybridized carbons (Fsp3) is 0.143. The molecular formula is C7H7IN2O. The highest BCUT2D eigenvalue weighted by atomic mass is 127. The molecule has 1 aromatic rings. The predicted molar refractivity (Wildman–Crippen MR) is 52.0 cm³/mol. The monoisotopic (exact) mass is 262 g/mol. The predicted octanol–water partition coefficient (Wildman–Crippen LogP) is 2.36. The van der Waals surface area contributed by atoms with Crippen LogP contribution in [0.25, 0.3) is 0 Å². The minimum Gasteiger partial charge on any atom is -0.302 e. The fourth-order valence-electron chi connectivity index (χ4n) is 0.642. The summed E-state index contributed by atoms with van der Waals surface area (Å²) in [5.41, 5.74) is 1.08. The number of amides is 1. The molecule has 58 valence electrons. The number of carbonyl (C=O) groups is 1. The molecule has 0 aliphatic rings. The molecule has 0 aliphatic carbocycles. The highest BCUT2D eigenvalue weighted by Crippen LogP contribution is 2.04. The molecule has 1 rings (SSSR count). The zero-order chi connectivity index (χ0) is 8.27. The van der Waals surface area contributed by atoms with E-state index in [2.05, 4.69) is 10.3 Å². The Kier molecular flexibility index (Phi) is 2.81. The lowest BCUT2D eigenvalue weighted by molar-refractivity contribution is 0.271. The van der Waals surface area contributed by atoms with E-state index >= 15 is 0 Å². The number of nitrogens with zero attached hydrogens (tertiary/aromatic N) is 1. The second kappa shape index (κ2) is 3.66. The molecule has 0 atom stereocenters. The van der Waals surface area contributed by atoms with Crippen LogP contribution in [0, 0.1) is 6.92 Å². The Bertz CT molecular complexity index is 258.